The Bertz CT molecular complexity index is 299. The average Bonchev–Trinajstić information content (AvgIpc) is 2.74. The summed E-state index contributed by atoms with van der Waals surface area (Å²) < 4.78 is 30.5. The maximum absolute atomic E-state index is 11.6. The third-order valence-electron chi connectivity index (χ3n) is 3.17. The second-order valence-corrected chi connectivity index (χ2v) is 6.67. The SMILES string of the molecule is COCCS(=O)(=O)NCC1(CCl)CCCC1. The number of halogens is 1. The van der Waals surface area contributed by atoms with E-state index in [0.29, 0.717) is 12.4 Å². The van der Waals surface area contributed by atoms with Crippen molar-refractivity contribution >= 4 is 21.6 Å². The molecule has 96 valence electrons. The first kappa shape index (κ1) is 14.2. The van der Waals surface area contributed by atoms with Gasteiger partial charge in [0.2, 0.25) is 10.0 Å². The summed E-state index contributed by atoms with van der Waals surface area (Å²) in [6.07, 6.45) is 4.33. The van der Waals surface area contributed by atoms with E-state index in [2.05, 4.69) is 4.72 Å². The van der Waals surface area contributed by atoms with E-state index >= 15 is 0 Å². The predicted molar refractivity (Wildman–Crippen MR) is 65.3 cm³/mol. The zero-order chi connectivity index (χ0) is 12.1. The highest BCUT2D eigenvalue weighted by molar-refractivity contribution is 7.89. The molecule has 0 spiro atoms. The van der Waals surface area contributed by atoms with Gasteiger partial charge in [0, 0.05) is 19.5 Å². The highest BCUT2D eigenvalue weighted by Gasteiger charge is 2.33. The van der Waals surface area contributed by atoms with E-state index < -0.39 is 10.0 Å². The van der Waals surface area contributed by atoms with Gasteiger partial charge in [0.15, 0.2) is 0 Å². The van der Waals surface area contributed by atoms with Gasteiger partial charge in [-0.05, 0) is 18.3 Å². The Hall–Kier alpha value is 0.160. The first-order valence-electron chi connectivity index (χ1n) is 5.56. The van der Waals surface area contributed by atoms with Crippen LogP contribution in [0.25, 0.3) is 0 Å². The summed E-state index contributed by atoms with van der Waals surface area (Å²) in [5, 5.41) is 0. The Balaban J connectivity index is 2.43. The Kier molecular flexibility index (Phi) is 5.50. The number of hydrogen-bond acceptors (Lipinski definition) is 3. The molecule has 4 nitrogen and oxygen atoms in total. The second-order valence-electron chi connectivity index (χ2n) is 4.47. The van der Waals surface area contributed by atoms with Crippen LogP contribution in [0.2, 0.25) is 0 Å². The summed E-state index contributed by atoms with van der Waals surface area (Å²) in [5.41, 5.74) is -0.0261. The van der Waals surface area contributed by atoms with Crippen molar-refractivity contribution in [2.75, 3.05) is 31.9 Å². The molecule has 0 saturated heterocycles. The zero-order valence-corrected chi connectivity index (χ0v) is 11.2. The summed E-state index contributed by atoms with van der Waals surface area (Å²) in [4.78, 5) is 0. The Morgan fingerprint density at radius 3 is 2.50 bits per heavy atom. The minimum atomic E-state index is -3.21. The van der Waals surface area contributed by atoms with Crippen molar-refractivity contribution < 1.29 is 13.2 Å². The van der Waals surface area contributed by atoms with Crippen molar-refractivity contribution in [3.8, 4) is 0 Å². The van der Waals surface area contributed by atoms with Crippen LogP contribution in [0, 0.1) is 5.41 Å². The fourth-order valence-corrected chi connectivity index (χ4v) is 3.43. The molecule has 1 N–H and O–H groups in total. The molecule has 1 rings (SSSR count). The standard InChI is InChI=1S/C10H20ClNO3S/c1-15-6-7-16(13,14)12-9-10(8-11)4-2-3-5-10/h12H,2-9H2,1H3. The first-order chi connectivity index (χ1) is 7.54. The van der Waals surface area contributed by atoms with E-state index in [1.165, 1.54) is 7.11 Å². The van der Waals surface area contributed by atoms with Crippen LogP contribution in [-0.4, -0.2) is 40.3 Å². The lowest BCUT2D eigenvalue weighted by Crippen LogP contribution is -2.38. The van der Waals surface area contributed by atoms with E-state index in [4.69, 9.17) is 16.3 Å². The zero-order valence-electron chi connectivity index (χ0n) is 9.67. The van der Waals surface area contributed by atoms with Crippen molar-refractivity contribution in [1.82, 2.24) is 4.72 Å². The largest absolute Gasteiger partial charge is 0.384 e. The van der Waals surface area contributed by atoms with Crippen LogP contribution in [0.15, 0.2) is 0 Å². The van der Waals surface area contributed by atoms with Crippen LogP contribution in [-0.2, 0) is 14.8 Å². The van der Waals surface area contributed by atoms with Crippen LogP contribution in [0.4, 0.5) is 0 Å². The molecule has 0 aliphatic heterocycles. The van der Waals surface area contributed by atoms with Crippen LogP contribution in [0.5, 0.6) is 0 Å². The fraction of sp³-hybridized carbons (Fsp3) is 1.00. The van der Waals surface area contributed by atoms with Crippen LogP contribution in [0.1, 0.15) is 25.7 Å². The van der Waals surface area contributed by atoms with Gasteiger partial charge in [-0.15, -0.1) is 11.6 Å². The summed E-state index contributed by atoms with van der Waals surface area (Å²) in [5.74, 6) is 0.543. The lowest BCUT2D eigenvalue weighted by molar-refractivity contribution is 0.216. The predicted octanol–water partition coefficient (Wildman–Crippen LogP) is 1.35. The molecule has 0 heterocycles. The molecule has 0 aromatic heterocycles. The Labute approximate surface area is 103 Å². The molecule has 1 fully saturated rings. The minimum absolute atomic E-state index is 0.0157. The molecule has 0 amide bonds. The van der Waals surface area contributed by atoms with Gasteiger partial charge in [-0.1, -0.05) is 12.8 Å². The molecule has 0 atom stereocenters. The molecule has 1 saturated carbocycles. The number of hydrogen-bond donors (Lipinski definition) is 1. The van der Waals surface area contributed by atoms with Crippen molar-refractivity contribution in [3.63, 3.8) is 0 Å². The third-order valence-corrected chi connectivity index (χ3v) is 5.03. The molecule has 0 aromatic carbocycles. The maximum Gasteiger partial charge on any atom is 0.213 e. The van der Waals surface area contributed by atoms with Crippen molar-refractivity contribution in [3.05, 3.63) is 0 Å². The lowest BCUT2D eigenvalue weighted by atomic mass is 9.89. The van der Waals surface area contributed by atoms with Crippen molar-refractivity contribution in [1.29, 1.82) is 0 Å². The molecule has 1 aliphatic carbocycles. The summed E-state index contributed by atoms with van der Waals surface area (Å²) in [6, 6.07) is 0. The summed E-state index contributed by atoms with van der Waals surface area (Å²) >= 11 is 5.94. The van der Waals surface area contributed by atoms with Crippen molar-refractivity contribution in [2.45, 2.75) is 25.7 Å². The highest BCUT2D eigenvalue weighted by Crippen LogP contribution is 2.38. The van der Waals surface area contributed by atoms with E-state index in [0.717, 1.165) is 25.7 Å². The number of rotatable bonds is 7. The van der Waals surface area contributed by atoms with E-state index in [1.54, 1.807) is 0 Å². The van der Waals surface area contributed by atoms with Gasteiger partial charge in [-0.25, -0.2) is 13.1 Å². The topological polar surface area (TPSA) is 55.4 Å². The molecular formula is C10H20ClNO3S. The molecule has 0 bridgehead atoms. The first-order valence-corrected chi connectivity index (χ1v) is 7.74. The Morgan fingerprint density at radius 1 is 1.38 bits per heavy atom. The minimum Gasteiger partial charge on any atom is -0.384 e. The fourth-order valence-electron chi connectivity index (χ4n) is 2.01. The van der Waals surface area contributed by atoms with Gasteiger partial charge < -0.3 is 4.74 Å². The van der Waals surface area contributed by atoms with Crippen molar-refractivity contribution in [2.24, 2.45) is 5.41 Å². The summed E-state index contributed by atoms with van der Waals surface area (Å²) in [7, 11) is -1.72. The number of methoxy groups -OCH3 is 1. The molecule has 16 heavy (non-hydrogen) atoms. The van der Waals surface area contributed by atoms with Gasteiger partial charge in [-0.3, -0.25) is 0 Å². The van der Waals surface area contributed by atoms with Crippen LogP contribution >= 0.6 is 11.6 Å². The monoisotopic (exact) mass is 269 g/mol. The maximum atomic E-state index is 11.6. The molecule has 0 unspecified atom stereocenters. The number of sulfonamides is 1. The van der Waals surface area contributed by atoms with Gasteiger partial charge in [-0.2, -0.15) is 0 Å². The highest BCUT2D eigenvalue weighted by atomic mass is 35.5. The average molecular weight is 270 g/mol. The van der Waals surface area contributed by atoms with Gasteiger partial charge in [0.05, 0.1) is 12.4 Å². The molecular weight excluding hydrogens is 250 g/mol. The van der Waals surface area contributed by atoms with Gasteiger partial charge in [0.1, 0.15) is 0 Å². The van der Waals surface area contributed by atoms with E-state index in [-0.39, 0.29) is 17.8 Å². The Morgan fingerprint density at radius 2 is 2.00 bits per heavy atom. The van der Waals surface area contributed by atoms with Gasteiger partial charge >= 0.3 is 0 Å². The number of ether oxygens (including phenoxy) is 1. The smallest absolute Gasteiger partial charge is 0.213 e. The number of nitrogens with one attached hydrogen (secondary N) is 1. The van der Waals surface area contributed by atoms with Crippen LogP contribution in [0.3, 0.4) is 0 Å². The lowest BCUT2D eigenvalue weighted by Gasteiger charge is -2.26. The molecule has 1 aliphatic rings. The van der Waals surface area contributed by atoms with E-state index in [1.807, 2.05) is 0 Å². The van der Waals surface area contributed by atoms with Crippen LogP contribution < -0.4 is 4.72 Å². The summed E-state index contributed by atoms with van der Waals surface area (Å²) in [6.45, 7) is 0.686. The second kappa shape index (κ2) is 6.19. The number of alkyl halides is 1. The normalized spacial score (nSPS) is 20.1. The van der Waals surface area contributed by atoms with Gasteiger partial charge in [0.25, 0.3) is 0 Å². The molecule has 6 heteroatoms. The third kappa shape index (κ3) is 4.20. The molecule has 0 aromatic rings. The van der Waals surface area contributed by atoms with E-state index in [9.17, 15) is 8.42 Å². The quantitative estimate of drug-likeness (QED) is 0.710. The molecule has 0 radical (unpaired) electrons.